The average molecular weight is 289 g/mol. The average Bonchev–Trinajstić information content (AvgIpc) is 3.20. The summed E-state index contributed by atoms with van der Waals surface area (Å²) in [6.07, 6.45) is 5.79. The van der Waals surface area contributed by atoms with Crippen molar-refractivity contribution >= 4 is 17.9 Å². The van der Waals surface area contributed by atoms with Crippen molar-refractivity contribution in [1.29, 1.82) is 0 Å². The summed E-state index contributed by atoms with van der Waals surface area (Å²) in [7, 11) is 3.33. The van der Waals surface area contributed by atoms with E-state index in [0.717, 1.165) is 5.56 Å². The van der Waals surface area contributed by atoms with Crippen molar-refractivity contribution in [3.63, 3.8) is 0 Å². The molecule has 1 saturated carbocycles. The summed E-state index contributed by atoms with van der Waals surface area (Å²) in [5.41, 5.74) is 3.50. The molecule has 1 aromatic rings. The van der Waals surface area contributed by atoms with E-state index in [0.29, 0.717) is 6.04 Å². The number of likely N-dealkylation sites (N-methyl/N-ethyl adjacent to an activating group) is 1. The Morgan fingerprint density at radius 3 is 2.62 bits per heavy atom. The van der Waals surface area contributed by atoms with Crippen LogP contribution in [0.1, 0.15) is 35.8 Å². The van der Waals surface area contributed by atoms with Crippen LogP contribution in [0.4, 0.5) is 0 Å². The molecule has 0 spiro atoms. The molecule has 114 valence electrons. The number of nitrogens with one attached hydrogen (secondary N) is 1. The van der Waals surface area contributed by atoms with E-state index in [1.54, 1.807) is 14.1 Å². The highest BCUT2D eigenvalue weighted by molar-refractivity contribution is 5.94. The molecule has 0 aromatic carbocycles. The fourth-order valence-corrected chi connectivity index (χ4v) is 2.41. The number of rotatable bonds is 5. The first-order chi connectivity index (χ1) is 9.90. The van der Waals surface area contributed by atoms with Crippen LogP contribution >= 0.6 is 0 Å². The first kappa shape index (κ1) is 15.4. The quantitative estimate of drug-likeness (QED) is 0.838. The molecule has 0 unspecified atom stereocenters. The van der Waals surface area contributed by atoms with Crippen LogP contribution in [0.15, 0.2) is 12.1 Å². The van der Waals surface area contributed by atoms with E-state index in [4.69, 9.17) is 0 Å². The van der Waals surface area contributed by atoms with E-state index in [2.05, 4.69) is 29.8 Å². The van der Waals surface area contributed by atoms with E-state index >= 15 is 0 Å². The highest BCUT2D eigenvalue weighted by Crippen LogP contribution is 2.38. The van der Waals surface area contributed by atoms with Crippen molar-refractivity contribution in [2.24, 2.45) is 0 Å². The number of nitrogens with zero attached hydrogens (tertiary/aromatic N) is 2. The zero-order valence-electron chi connectivity index (χ0n) is 13.1. The predicted octanol–water partition coefficient (Wildman–Crippen LogP) is 1.66. The molecule has 1 aromatic heterocycles. The molecule has 0 atom stereocenters. The second-order valence-corrected chi connectivity index (χ2v) is 5.77. The maximum absolute atomic E-state index is 11.7. The third kappa shape index (κ3) is 3.74. The summed E-state index contributed by atoms with van der Waals surface area (Å²) in [6.45, 7) is 4.20. The van der Waals surface area contributed by atoms with E-state index in [-0.39, 0.29) is 18.4 Å². The minimum Gasteiger partial charge on any atom is -0.347 e. The molecule has 0 aliphatic heterocycles. The predicted molar refractivity (Wildman–Crippen MR) is 82.9 cm³/mol. The Hall–Kier alpha value is -2.04. The second kappa shape index (κ2) is 6.16. The van der Waals surface area contributed by atoms with Gasteiger partial charge in [-0.25, -0.2) is 0 Å². The molecule has 1 fully saturated rings. The van der Waals surface area contributed by atoms with Gasteiger partial charge in [0, 0.05) is 37.6 Å². The van der Waals surface area contributed by atoms with Gasteiger partial charge < -0.3 is 14.8 Å². The van der Waals surface area contributed by atoms with E-state index in [1.165, 1.54) is 35.2 Å². The van der Waals surface area contributed by atoms with Crippen LogP contribution in [0.5, 0.6) is 0 Å². The number of hydrogen-bond acceptors (Lipinski definition) is 2. The molecule has 1 N–H and O–H groups in total. The Balaban J connectivity index is 1.96. The SMILES string of the molecule is Cc1cc(/C=C/C(=O)NCC(=O)N(C)C)c(C)n1C1CC1. The summed E-state index contributed by atoms with van der Waals surface area (Å²) in [5, 5.41) is 2.59. The molecule has 0 bridgehead atoms. The van der Waals surface area contributed by atoms with Gasteiger partial charge in [-0.3, -0.25) is 9.59 Å². The molecular weight excluding hydrogens is 266 g/mol. The van der Waals surface area contributed by atoms with Crippen molar-refractivity contribution in [2.75, 3.05) is 20.6 Å². The first-order valence-electron chi connectivity index (χ1n) is 7.24. The van der Waals surface area contributed by atoms with Gasteiger partial charge in [0.05, 0.1) is 6.54 Å². The lowest BCUT2D eigenvalue weighted by Crippen LogP contribution is -2.35. The zero-order chi connectivity index (χ0) is 15.6. The van der Waals surface area contributed by atoms with Crippen molar-refractivity contribution in [2.45, 2.75) is 32.7 Å². The lowest BCUT2D eigenvalue weighted by molar-refractivity contribution is -0.129. The van der Waals surface area contributed by atoms with E-state index < -0.39 is 0 Å². The van der Waals surface area contributed by atoms with Gasteiger partial charge >= 0.3 is 0 Å². The minimum atomic E-state index is -0.249. The number of amides is 2. The molecule has 5 nitrogen and oxygen atoms in total. The molecule has 2 rings (SSSR count). The van der Waals surface area contributed by atoms with Crippen LogP contribution in [-0.2, 0) is 9.59 Å². The van der Waals surface area contributed by atoms with Crippen LogP contribution in [-0.4, -0.2) is 41.9 Å². The van der Waals surface area contributed by atoms with Gasteiger partial charge in [-0.2, -0.15) is 0 Å². The summed E-state index contributed by atoms with van der Waals surface area (Å²) >= 11 is 0. The highest BCUT2D eigenvalue weighted by Gasteiger charge is 2.26. The van der Waals surface area contributed by atoms with Gasteiger partial charge in [0.1, 0.15) is 0 Å². The summed E-state index contributed by atoms with van der Waals surface area (Å²) < 4.78 is 2.34. The Kier molecular flexibility index (Phi) is 4.50. The Labute approximate surface area is 125 Å². The molecule has 0 saturated heterocycles. The normalized spacial score (nSPS) is 14.5. The van der Waals surface area contributed by atoms with Crippen LogP contribution in [0, 0.1) is 13.8 Å². The Morgan fingerprint density at radius 1 is 1.38 bits per heavy atom. The van der Waals surface area contributed by atoms with Crippen LogP contribution < -0.4 is 5.32 Å². The Morgan fingerprint density at radius 2 is 2.05 bits per heavy atom. The fraction of sp³-hybridized carbons (Fsp3) is 0.500. The molecule has 21 heavy (non-hydrogen) atoms. The van der Waals surface area contributed by atoms with E-state index in [9.17, 15) is 9.59 Å². The molecule has 1 heterocycles. The second-order valence-electron chi connectivity index (χ2n) is 5.77. The minimum absolute atomic E-state index is 0.0251. The van der Waals surface area contributed by atoms with Crippen molar-refractivity contribution in [1.82, 2.24) is 14.8 Å². The zero-order valence-corrected chi connectivity index (χ0v) is 13.1. The number of carbonyl (C=O) groups is 2. The number of aryl methyl sites for hydroxylation is 1. The molecule has 1 aliphatic carbocycles. The Bertz CT molecular complexity index is 581. The lowest BCUT2D eigenvalue weighted by atomic mass is 10.2. The van der Waals surface area contributed by atoms with Gasteiger partial charge in [0.2, 0.25) is 11.8 Å². The van der Waals surface area contributed by atoms with Crippen molar-refractivity contribution in [3.05, 3.63) is 29.1 Å². The van der Waals surface area contributed by atoms with Gasteiger partial charge in [-0.1, -0.05) is 0 Å². The molecule has 2 amide bonds. The number of aromatic nitrogens is 1. The largest absolute Gasteiger partial charge is 0.347 e. The topological polar surface area (TPSA) is 54.3 Å². The monoisotopic (exact) mass is 289 g/mol. The third-order valence-corrected chi connectivity index (χ3v) is 3.76. The molecule has 0 radical (unpaired) electrons. The smallest absolute Gasteiger partial charge is 0.244 e. The maximum atomic E-state index is 11.7. The third-order valence-electron chi connectivity index (χ3n) is 3.76. The number of carbonyl (C=O) groups excluding carboxylic acids is 2. The maximum Gasteiger partial charge on any atom is 0.244 e. The molecule has 1 aliphatic rings. The lowest BCUT2D eigenvalue weighted by Gasteiger charge is -2.09. The van der Waals surface area contributed by atoms with Crippen LogP contribution in [0.3, 0.4) is 0 Å². The first-order valence-corrected chi connectivity index (χ1v) is 7.24. The van der Waals surface area contributed by atoms with Crippen molar-refractivity contribution < 1.29 is 9.59 Å². The van der Waals surface area contributed by atoms with Gasteiger partial charge in [-0.15, -0.1) is 0 Å². The van der Waals surface area contributed by atoms with E-state index in [1.807, 2.05) is 6.08 Å². The fourth-order valence-electron chi connectivity index (χ4n) is 2.41. The summed E-state index contributed by atoms with van der Waals surface area (Å²) in [4.78, 5) is 24.6. The molecular formula is C16H23N3O2. The van der Waals surface area contributed by atoms with Crippen LogP contribution in [0.2, 0.25) is 0 Å². The van der Waals surface area contributed by atoms with Gasteiger partial charge in [0.25, 0.3) is 0 Å². The van der Waals surface area contributed by atoms with Crippen molar-refractivity contribution in [3.8, 4) is 0 Å². The van der Waals surface area contributed by atoms with Crippen LogP contribution in [0.25, 0.3) is 6.08 Å². The molecule has 5 heteroatoms. The highest BCUT2D eigenvalue weighted by atomic mass is 16.2. The van der Waals surface area contributed by atoms with Gasteiger partial charge in [-0.05, 0) is 44.4 Å². The summed E-state index contributed by atoms with van der Waals surface area (Å²) in [6, 6.07) is 2.74. The summed E-state index contributed by atoms with van der Waals surface area (Å²) in [5.74, 6) is -0.370. The van der Waals surface area contributed by atoms with Gasteiger partial charge in [0.15, 0.2) is 0 Å². The number of hydrogen-bond donors (Lipinski definition) is 1. The standard InChI is InChI=1S/C16H23N3O2/c1-11-9-13(12(2)19(11)14-6-7-14)5-8-15(20)17-10-16(21)18(3)4/h5,8-9,14H,6-7,10H2,1-4H3,(H,17,20)/b8-5+.